The van der Waals surface area contributed by atoms with E-state index in [1.807, 2.05) is 71.3 Å². The Morgan fingerprint density at radius 2 is 1.76 bits per heavy atom. The highest BCUT2D eigenvalue weighted by Crippen LogP contribution is 2.18. The molecule has 7 heteroatoms. The molecule has 0 bridgehead atoms. The predicted octanol–water partition coefficient (Wildman–Crippen LogP) is 3.45. The lowest BCUT2D eigenvalue weighted by atomic mass is 10.1. The van der Waals surface area contributed by atoms with Gasteiger partial charge in [-0.1, -0.05) is 42.5 Å². The average molecular weight is 407 g/mol. The minimum atomic E-state index is -0.255. The van der Waals surface area contributed by atoms with Crippen molar-refractivity contribution in [3.05, 3.63) is 71.9 Å². The van der Waals surface area contributed by atoms with Crippen molar-refractivity contribution in [3.63, 3.8) is 0 Å². The molecule has 0 spiro atoms. The third-order valence-electron chi connectivity index (χ3n) is 4.82. The summed E-state index contributed by atoms with van der Waals surface area (Å²) in [6.07, 6.45) is 0.389. The normalized spacial score (nSPS) is 13.9. The van der Waals surface area contributed by atoms with Crippen molar-refractivity contribution >= 4 is 29.3 Å². The molecule has 2 N–H and O–H groups in total. The maximum Gasteiger partial charge on any atom is 0.273 e. The number of thioether (sulfide) groups is 1. The first-order chi connectivity index (χ1) is 14.2. The van der Waals surface area contributed by atoms with Gasteiger partial charge in [-0.3, -0.25) is 14.7 Å². The van der Waals surface area contributed by atoms with Crippen molar-refractivity contribution in [2.24, 2.45) is 0 Å². The zero-order chi connectivity index (χ0) is 20.1. The van der Waals surface area contributed by atoms with Crippen molar-refractivity contribution in [3.8, 4) is 11.3 Å². The number of rotatable bonds is 5. The van der Waals surface area contributed by atoms with Crippen molar-refractivity contribution in [1.82, 2.24) is 15.1 Å². The summed E-state index contributed by atoms with van der Waals surface area (Å²) in [6.45, 7) is 1.65. The molecule has 0 unspecified atom stereocenters. The van der Waals surface area contributed by atoms with Crippen LogP contribution in [0.25, 0.3) is 11.3 Å². The average Bonchev–Trinajstić information content (AvgIpc) is 3.27. The quantitative estimate of drug-likeness (QED) is 0.680. The SMILES string of the molecule is O=C(Nc1ccc(CC(=O)N2CCSCC2)cc1)c1cc(-c2ccccc2)n[nH]1. The van der Waals surface area contributed by atoms with E-state index in [1.54, 1.807) is 6.07 Å². The maximum atomic E-state index is 12.5. The second-order valence-corrected chi connectivity index (χ2v) is 8.08. The Morgan fingerprint density at radius 3 is 2.48 bits per heavy atom. The summed E-state index contributed by atoms with van der Waals surface area (Å²) in [5, 5.41) is 9.85. The fourth-order valence-electron chi connectivity index (χ4n) is 3.20. The zero-order valence-corrected chi connectivity index (χ0v) is 16.7. The molecule has 0 atom stereocenters. The van der Waals surface area contributed by atoms with E-state index in [2.05, 4.69) is 15.5 Å². The van der Waals surface area contributed by atoms with Crippen LogP contribution in [-0.4, -0.2) is 51.5 Å². The van der Waals surface area contributed by atoms with Crippen LogP contribution >= 0.6 is 11.8 Å². The van der Waals surface area contributed by atoms with Crippen LogP contribution in [0.3, 0.4) is 0 Å². The van der Waals surface area contributed by atoms with E-state index in [1.165, 1.54) is 0 Å². The summed E-state index contributed by atoms with van der Waals surface area (Å²) < 4.78 is 0. The second kappa shape index (κ2) is 8.96. The van der Waals surface area contributed by atoms with Crippen molar-refractivity contribution < 1.29 is 9.59 Å². The third-order valence-corrected chi connectivity index (χ3v) is 5.77. The Balaban J connectivity index is 1.35. The Labute approximate surface area is 173 Å². The monoisotopic (exact) mass is 406 g/mol. The number of carbonyl (C=O) groups excluding carboxylic acids is 2. The molecule has 6 nitrogen and oxygen atoms in total. The number of anilines is 1. The molecule has 1 aliphatic heterocycles. The van der Waals surface area contributed by atoms with Crippen LogP contribution in [0.5, 0.6) is 0 Å². The van der Waals surface area contributed by atoms with Gasteiger partial charge in [0.05, 0.1) is 12.1 Å². The van der Waals surface area contributed by atoms with Gasteiger partial charge in [-0.05, 0) is 23.8 Å². The zero-order valence-electron chi connectivity index (χ0n) is 15.9. The van der Waals surface area contributed by atoms with Gasteiger partial charge in [-0.15, -0.1) is 0 Å². The van der Waals surface area contributed by atoms with E-state index < -0.39 is 0 Å². The first-order valence-electron chi connectivity index (χ1n) is 9.56. The van der Waals surface area contributed by atoms with Crippen LogP contribution in [0.15, 0.2) is 60.7 Å². The van der Waals surface area contributed by atoms with E-state index in [-0.39, 0.29) is 11.8 Å². The molecule has 4 rings (SSSR count). The van der Waals surface area contributed by atoms with E-state index >= 15 is 0 Å². The predicted molar refractivity (Wildman–Crippen MR) is 116 cm³/mol. The summed E-state index contributed by atoms with van der Waals surface area (Å²) in [4.78, 5) is 26.8. The van der Waals surface area contributed by atoms with E-state index in [9.17, 15) is 9.59 Å². The van der Waals surface area contributed by atoms with Crippen LogP contribution < -0.4 is 5.32 Å². The third kappa shape index (κ3) is 4.86. The maximum absolute atomic E-state index is 12.5. The first-order valence-corrected chi connectivity index (χ1v) is 10.7. The van der Waals surface area contributed by atoms with E-state index in [0.717, 1.165) is 41.4 Å². The summed E-state index contributed by atoms with van der Waals surface area (Å²) in [5.41, 5.74) is 3.69. The van der Waals surface area contributed by atoms with Crippen LogP contribution in [0.2, 0.25) is 0 Å². The molecule has 148 valence electrons. The highest BCUT2D eigenvalue weighted by Gasteiger charge is 2.17. The molecule has 1 aliphatic rings. The van der Waals surface area contributed by atoms with Crippen LogP contribution in [0.1, 0.15) is 16.1 Å². The lowest BCUT2D eigenvalue weighted by Crippen LogP contribution is -2.38. The Bertz CT molecular complexity index is 980. The van der Waals surface area contributed by atoms with Gasteiger partial charge in [0.1, 0.15) is 5.69 Å². The Kier molecular flexibility index (Phi) is 5.95. The summed E-state index contributed by atoms with van der Waals surface area (Å²) in [7, 11) is 0. The number of H-pyrrole nitrogens is 1. The molecule has 1 aromatic heterocycles. The Hall–Kier alpha value is -3.06. The molecule has 0 radical (unpaired) electrons. The first kappa shape index (κ1) is 19.3. The lowest BCUT2D eigenvalue weighted by Gasteiger charge is -2.26. The molecule has 0 aliphatic carbocycles. The van der Waals surface area contributed by atoms with Crippen molar-refractivity contribution in [2.75, 3.05) is 29.9 Å². The van der Waals surface area contributed by atoms with Gasteiger partial charge in [0.25, 0.3) is 5.91 Å². The molecule has 2 amide bonds. The van der Waals surface area contributed by atoms with Crippen LogP contribution in [-0.2, 0) is 11.2 Å². The van der Waals surface area contributed by atoms with Gasteiger partial charge in [0.15, 0.2) is 0 Å². The van der Waals surface area contributed by atoms with Crippen molar-refractivity contribution in [1.29, 1.82) is 0 Å². The molecule has 1 fully saturated rings. The minimum absolute atomic E-state index is 0.160. The summed E-state index contributed by atoms with van der Waals surface area (Å²) in [6, 6.07) is 18.8. The largest absolute Gasteiger partial charge is 0.341 e. The number of amides is 2. The van der Waals surface area contributed by atoms with Gasteiger partial charge >= 0.3 is 0 Å². The van der Waals surface area contributed by atoms with Gasteiger partial charge in [0, 0.05) is 35.8 Å². The highest BCUT2D eigenvalue weighted by atomic mass is 32.2. The molecule has 1 saturated heterocycles. The number of hydrogen-bond donors (Lipinski definition) is 2. The molecule has 2 heterocycles. The standard InChI is InChI=1S/C22H22N4O2S/c27-21(26-10-12-29-13-11-26)14-16-6-8-18(9-7-16)23-22(28)20-15-19(24-25-20)17-4-2-1-3-5-17/h1-9,15H,10-14H2,(H,23,28)(H,24,25). The molecular weight excluding hydrogens is 384 g/mol. The molecule has 2 aromatic carbocycles. The van der Waals surface area contributed by atoms with Crippen LogP contribution in [0.4, 0.5) is 5.69 Å². The number of benzene rings is 2. The lowest BCUT2D eigenvalue weighted by molar-refractivity contribution is -0.130. The van der Waals surface area contributed by atoms with Gasteiger partial charge in [-0.2, -0.15) is 16.9 Å². The van der Waals surface area contributed by atoms with E-state index in [0.29, 0.717) is 17.8 Å². The summed E-state index contributed by atoms with van der Waals surface area (Å²) >= 11 is 1.89. The highest BCUT2D eigenvalue weighted by molar-refractivity contribution is 7.99. The van der Waals surface area contributed by atoms with Gasteiger partial charge in [0.2, 0.25) is 5.91 Å². The number of nitrogens with zero attached hydrogens (tertiary/aromatic N) is 2. The molecule has 29 heavy (non-hydrogen) atoms. The molecule has 0 saturated carbocycles. The number of hydrogen-bond acceptors (Lipinski definition) is 4. The summed E-state index contributed by atoms with van der Waals surface area (Å²) in [5.74, 6) is 1.93. The molecule has 3 aromatic rings. The number of aromatic nitrogens is 2. The van der Waals surface area contributed by atoms with E-state index in [4.69, 9.17) is 0 Å². The van der Waals surface area contributed by atoms with Crippen molar-refractivity contribution in [2.45, 2.75) is 6.42 Å². The fraction of sp³-hybridized carbons (Fsp3) is 0.227. The van der Waals surface area contributed by atoms with Gasteiger partial charge in [-0.25, -0.2) is 0 Å². The number of nitrogens with one attached hydrogen (secondary N) is 2. The molecular formula is C22H22N4O2S. The topological polar surface area (TPSA) is 78.1 Å². The number of aromatic amines is 1. The fourth-order valence-corrected chi connectivity index (χ4v) is 4.10. The smallest absolute Gasteiger partial charge is 0.273 e. The van der Waals surface area contributed by atoms with Gasteiger partial charge < -0.3 is 10.2 Å². The van der Waals surface area contributed by atoms with Crippen LogP contribution in [0, 0.1) is 0 Å². The second-order valence-electron chi connectivity index (χ2n) is 6.85. The number of carbonyl (C=O) groups is 2. The minimum Gasteiger partial charge on any atom is -0.341 e. The Morgan fingerprint density at radius 1 is 1.03 bits per heavy atom.